The summed E-state index contributed by atoms with van der Waals surface area (Å²) in [6, 6.07) is 7.62. The number of nitrogens with zero attached hydrogens (tertiary/aromatic N) is 3. The third-order valence-electron chi connectivity index (χ3n) is 4.65. The van der Waals surface area contributed by atoms with E-state index < -0.39 is 0 Å². The number of aromatic nitrogens is 1. The number of rotatable bonds is 3. The molecule has 1 saturated carbocycles. The lowest BCUT2D eigenvalue weighted by atomic mass is 10.00. The zero-order valence-electron chi connectivity index (χ0n) is 11.8. The lowest BCUT2D eigenvalue weighted by Crippen LogP contribution is -2.47. The van der Waals surface area contributed by atoms with E-state index in [-0.39, 0.29) is 5.92 Å². The summed E-state index contributed by atoms with van der Waals surface area (Å²) in [4.78, 5) is 6.50. The van der Waals surface area contributed by atoms with Crippen LogP contribution in [0.2, 0.25) is 0 Å². The summed E-state index contributed by atoms with van der Waals surface area (Å²) in [5, 5.41) is 12.9. The van der Waals surface area contributed by atoms with Crippen LogP contribution in [0.25, 0.3) is 0 Å². The zero-order chi connectivity index (χ0) is 13.8. The topological polar surface area (TPSA) is 52.0 Å². The molecule has 1 aromatic heterocycles. The van der Waals surface area contributed by atoms with Gasteiger partial charge in [0.05, 0.1) is 12.0 Å². The van der Waals surface area contributed by atoms with Gasteiger partial charge in [-0.2, -0.15) is 5.26 Å². The molecule has 106 valence electrons. The third-order valence-corrected chi connectivity index (χ3v) is 4.65. The molecule has 4 heteroatoms. The van der Waals surface area contributed by atoms with Gasteiger partial charge in [-0.25, -0.2) is 0 Å². The Kier molecular flexibility index (Phi) is 4.17. The largest absolute Gasteiger partial charge is 0.371 e. The minimum absolute atomic E-state index is 0.230. The molecule has 1 N–H and O–H groups in total. The van der Waals surface area contributed by atoms with Crippen molar-refractivity contribution in [2.75, 3.05) is 18.0 Å². The highest BCUT2D eigenvalue weighted by Gasteiger charge is 2.30. The fourth-order valence-electron chi connectivity index (χ4n) is 3.48. The Balaban J connectivity index is 1.50. The van der Waals surface area contributed by atoms with E-state index in [1.165, 1.54) is 18.5 Å². The molecule has 2 atom stereocenters. The number of anilines is 1. The maximum Gasteiger partial charge on any atom is 0.0672 e. The second kappa shape index (κ2) is 6.23. The average Bonchev–Trinajstić information content (AvgIpc) is 2.96. The average molecular weight is 270 g/mol. The predicted molar refractivity (Wildman–Crippen MR) is 79.3 cm³/mol. The molecule has 20 heavy (non-hydrogen) atoms. The summed E-state index contributed by atoms with van der Waals surface area (Å²) in [6.07, 6.45) is 9.48. The van der Waals surface area contributed by atoms with Crippen LogP contribution in [-0.4, -0.2) is 30.2 Å². The zero-order valence-corrected chi connectivity index (χ0v) is 11.8. The third kappa shape index (κ3) is 2.94. The molecule has 0 spiro atoms. The van der Waals surface area contributed by atoms with E-state index in [1.807, 2.05) is 12.4 Å². The van der Waals surface area contributed by atoms with Gasteiger partial charge < -0.3 is 10.2 Å². The first-order valence-electron chi connectivity index (χ1n) is 7.67. The summed E-state index contributed by atoms with van der Waals surface area (Å²) in [6.45, 7) is 2.18. The highest BCUT2D eigenvalue weighted by Crippen LogP contribution is 2.27. The van der Waals surface area contributed by atoms with E-state index in [0.29, 0.717) is 12.1 Å². The van der Waals surface area contributed by atoms with Gasteiger partial charge in [-0.15, -0.1) is 0 Å². The van der Waals surface area contributed by atoms with E-state index >= 15 is 0 Å². The van der Waals surface area contributed by atoms with Crippen LogP contribution in [0, 0.1) is 17.2 Å². The van der Waals surface area contributed by atoms with Gasteiger partial charge in [-0.1, -0.05) is 6.42 Å². The van der Waals surface area contributed by atoms with Crippen molar-refractivity contribution >= 4 is 5.69 Å². The van der Waals surface area contributed by atoms with Crippen molar-refractivity contribution < 1.29 is 0 Å². The normalized spacial score (nSPS) is 27.4. The van der Waals surface area contributed by atoms with E-state index in [2.05, 4.69) is 33.4 Å². The summed E-state index contributed by atoms with van der Waals surface area (Å²) < 4.78 is 0. The number of nitriles is 1. The van der Waals surface area contributed by atoms with Crippen LogP contribution in [0.1, 0.15) is 32.1 Å². The van der Waals surface area contributed by atoms with Gasteiger partial charge in [0.1, 0.15) is 0 Å². The van der Waals surface area contributed by atoms with Crippen LogP contribution in [0.4, 0.5) is 5.69 Å². The fraction of sp³-hybridized carbons (Fsp3) is 0.625. The Morgan fingerprint density at radius 2 is 1.90 bits per heavy atom. The van der Waals surface area contributed by atoms with Gasteiger partial charge in [0, 0.05) is 43.3 Å². The summed E-state index contributed by atoms with van der Waals surface area (Å²) in [5.41, 5.74) is 1.27. The monoisotopic (exact) mass is 270 g/mol. The molecule has 2 aliphatic rings. The highest BCUT2D eigenvalue weighted by molar-refractivity contribution is 5.44. The van der Waals surface area contributed by atoms with Crippen LogP contribution in [-0.2, 0) is 0 Å². The van der Waals surface area contributed by atoms with Crippen molar-refractivity contribution in [1.29, 1.82) is 5.26 Å². The molecule has 0 aromatic carbocycles. The van der Waals surface area contributed by atoms with Crippen molar-refractivity contribution in [3.8, 4) is 6.07 Å². The van der Waals surface area contributed by atoms with Gasteiger partial charge in [0.15, 0.2) is 0 Å². The van der Waals surface area contributed by atoms with Crippen molar-refractivity contribution in [2.45, 2.75) is 44.2 Å². The standard InChI is InChI=1S/C16H22N4/c17-12-13-2-1-3-16(13)19-14-6-10-20(11-7-14)15-4-8-18-9-5-15/h4-5,8-9,13-14,16,19H,1-3,6-7,10-11H2. The van der Waals surface area contributed by atoms with Gasteiger partial charge >= 0.3 is 0 Å². The molecule has 2 heterocycles. The number of hydrogen-bond donors (Lipinski definition) is 1. The first kappa shape index (κ1) is 13.4. The molecule has 2 unspecified atom stereocenters. The maximum atomic E-state index is 9.15. The quantitative estimate of drug-likeness (QED) is 0.916. The van der Waals surface area contributed by atoms with Crippen LogP contribution >= 0.6 is 0 Å². The van der Waals surface area contributed by atoms with Gasteiger partial charge in [-0.3, -0.25) is 4.98 Å². The summed E-state index contributed by atoms with van der Waals surface area (Å²) >= 11 is 0. The Bertz CT molecular complexity index is 459. The van der Waals surface area contributed by atoms with E-state index in [0.717, 1.165) is 32.4 Å². The smallest absolute Gasteiger partial charge is 0.0672 e. The molecular weight excluding hydrogens is 248 g/mol. The van der Waals surface area contributed by atoms with Crippen molar-refractivity contribution in [1.82, 2.24) is 10.3 Å². The van der Waals surface area contributed by atoms with E-state index in [4.69, 9.17) is 5.26 Å². The second-order valence-electron chi connectivity index (χ2n) is 5.91. The van der Waals surface area contributed by atoms with Crippen molar-refractivity contribution in [3.05, 3.63) is 24.5 Å². The number of hydrogen-bond acceptors (Lipinski definition) is 4. The summed E-state index contributed by atoms with van der Waals surface area (Å²) in [5.74, 6) is 0.230. The summed E-state index contributed by atoms with van der Waals surface area (Å²) in [7, 11) is 0. The van der Waals surface area contributed by atoms with Gasteiger partial charge in [0.25, 0.3) is 0 Å². The fourth-order valence-corrected chi connectivity index (χ4v) is 3.48. The lowest BCUT2D eigenvalue weighted by molar-refractivity contribution is 0.346. The molecule has 1 aromatic rings. The Labute approximate surface area is 120 Å². The second-order valence-corrected chi connectivity index (χ2v) is 5.91. The van der Waals surface area contributed by atoms with Gasteiger partial charge in [-0.05, 0) is 37.8 Å². The maximum absolute atomic E-state index is 9.15. The van der Waals surface area contributed by atoms with E-state index in [1.54, 1.807) is 0 Å². The SMILES string of the molecule is N#CC1CCCC1NC1CCN(c2ccncc2)CC1. The van der Waals surface area contributed by atoms with Gasteiger partial charge in [0.2, 0.25) is 0 Å². The van der Waals surface area contributed by atoms with Crippen molar-refractivity contribution in [2.24, 2.45) is 5.92 Å². The van der Waals surface area contributed by atoms with E-state index in [9.17, 15) is 0 Å². The highest BCUT2D eigenvalue weighted by atomic mass is 15.2. The van der Waals surface area contributed by atoms with Crippen LogP contribution in [0.15, 0.2) is 24.5 Å². The molecule has 2 fully saturated rings. The first-order valence-corrected chi connectivity index (χ1v) is 7.67. The number of piperidine rings is 1. The molecule has 0 amide bonds. The molecular formula is C16H22N4. The van der Waals surface area contributed by atoms with Crippen LogP contribution in [0.5, 0.6) is 0 Å². The number of nitrogens with one attached hydrogen (secondary N) is 1. The Morgan fingerprint density at radius 1 is 1.15 bits per heavy atom. The lowest BCUT2D eigenvalue weighted by Gasteiger charge is -2.35. The molecule has 1 aliphatic heterocycles. The molecule has 1 aliphatic carbocycles. The Morgan fingerprint density at radius 3 is 2.60 bits per heavy atom. The molecule has 0 radical (unpaired) electrons. The molecule has 0 bridgehead atoms. The Hall–Kier alpha value is -1.60. The molecule has 3 rings (SSSR count). The van der Waals surface area contributed by atoms with Crippen LogP contribution < -0.4 is 10.2 Å². The van der Waals surface area contributed by atoms with Crippen LogP contribution in [0.3, 0.4) is 0 Å². The van der Waals surface area contributed by atoms with Crippen molar-refractivity contribution in [3.63, 3.8) is 0 Å². The minimum atomic E-state index is 0.230. The number of pyridine rings is 1. The minimum Gasteiger partial charge on any atom is -0.371 e. The first-order chi connectivity index (χ1) is 9.86. The molecule has 4 nitrogen and oxygen atoms in total. The predicted octanol–water partition coefficient (Wildman–Crippen LogP) is 2.33. The molecule has 1 saturated heterocycles.